The van der Waals surface area contributed by atoms with Gasteiger partial charge in [-0.25, -0.2) is 9.97 Å². The topological polar surface area (TPSA) is 72.1 Å². The number of nitrogen functional groups attached to an aromatic ring is 1. The maximum Gasteiger partial charge on any atom is 0.222 e. The number of aromatic nitrogens is 2. The molecular formula is C24H25ClN4O. The molecule has 1 saturated heterocycles. The second-order valence-electron chi connectivity index (χ2n) is 7.70. The maximum absolute atomic E-state index is 12.9. The van der Waals surface area contributed by atoms with Crippen LogP contribution in [-0.2, 0) is 11.2 Å². The average Bonchev–Trinajstić information content (AvgIpc) is 2.79. The molecule has 1 aliphatic heterocycles. The quantitative estimate of drug-likeness (QED) is 0.648. The summed E-state index contributed by atoms with van der Waals surface area (Å²) in [6.45, 7) is 1.45. The molecule has 0 bridgehead atoms. The standard InChI is InChI=1S/C24H25ClN4O/c25-20-11-9-18(10-12-20)21-15-27-24(26)28-23(21)19-7-4-14-29(16-19)22(30)13-8-17-5-2-1-3-6-17/h1-3,5-6,9-12,15,19H,4,7-8,13-14,16H2,(H2,26,27,28)/t19-/m1/s1. The Hall–Kier alpha value is -2.92. The number of hydrogen-bond donors (Lipinski definition) is 1. The van der Waals surface area contributed by atoms with E-state index in [-0.39, 0.29) is 17.8 Å². The lowest BCUT2D eigenvalue weighted by Gasteiger charge is -2.33. The van der Waals surface area contributed by atoms with Crippen LogP contribution in [0.25, 0.3) is 11.1 Å². The lowest BCUT2D eigenvalue weighted by atomic mass is 9.89. The van der Waals surface area contributed by atoms with Crippen LogP contribution >= 0.6 is 11.6 Å². The molecule has 1 fully saturated rings. The van der Waals surface area contributed by atoms with Crippen LogP contribution in [-0.4, -0.2) is 33.9 Å². The number of likely N-dealkylation sites (tertiary alicyclic amines) is 1. The van der Waals surface area contributed by atoms with Gasteiger partial charge in [0.25, 0.3) is 0 Å². The highest BCUT2D eigenvalue weighted by atomic mass is 35.5. The van der Waals surface area contributed by atoms with Crippen LogP contribution in [0.4, 0.5) is 5.95 Å². The maximum atomic E-state index is 12.9. The zero-order chi connectivity index (χ0) is 20.9. The predicted molar refractivity (Wildman–Crippen MR) is 120 cm³/mol. The van der Waals surface area contributed by atoms with Crippen LogP contribution < -0.4 is 5.73 Å². The van der Waals surface area contributed by atoms with Crippen molar-refractivity contribution in [2.75, 3.05) is 18.8 Å². The van der Waals surface area contributed by atoms with Gasteiger partial charge in [-0.1, -0.05) is 54.1 Å². The molecule has 2 N–H and O–H groups in total. The third-order valence-electron chi connectivity index (χ3n) is 5.62. The molecule has 0 spiro atoms. The van der Waals surface area contributed by atoms with E-state index < -0.39 is 0 Å². The summed E-state index contributed by atoms with van der Waals surface area (Å²) < 4.78 is 0. The molecule has 0 aliphatic carbocycles. The second-order valence-corrected chi connectivity index (χ2v) is 8.13. The summed E-state index contributed by atoms with van der Waals surface area (Å²) >= 11 is 6.05. The van der Waals surface area contributed by atoms with Crippen LogP contribution in [0, 0.1) is 0 Å². The van der Waals surface area contributed by atoms with Crippen LogP contribution in [0.15, 0.2) is 60.8 Å². The molecule has 0 unspecified atom stereocenters. The third kappa shape index (κ3) is 4.79. The first-order chi connectivity index (χ1) is 14.6. The van der Waals surface area contributed by atoms with Crippen molar-refractivity contribution in [3.63, 3.8) is 0 Å². The van der Waals surface area contributed by atoms with Crippen LogP contribution in [0.1, 0.15) is 36.4 Å². The van der Waals surface area contributed by atoms with Crippen LogP contribution in [0.5, 0.6) is 0 Å². The van der Waals surface area contributed by atoms with Crippen molar-refractivity contribution in [1.29, 1.82) is 0 Å². The van der Waals surface area contributed by atoms with Crippen LogP contribution in [0.2, 0.25) is 5.02 Å². The van der Waals surface area contributed by atoms with Gasteiger partial charge in [-0.3, -0.25) is 4.79 Å². The van der Waals surface area contributed by atoms with Crippen molar-refractivity contribution in [3.05, 3.63) is 77.1 Å². The fraction of sp³-hybridized carbons (Fsp3) is 0.292. The molecule has 6 heteroatoms. The minimum atomic E-state index is 0.135. The van der Waals surface area contributed by atoms with E-state index in [9.17, 15) is 4.79 Å². The van der Waals surface area contributed by atoms with E-state index in [0.717, 1.165) is 42.6 Å². The molecule has 1 aromatic heterocycles. The molecule has 2 heterocycles. The fourth-order valence-electron chi connectivity index (χ4n) is 4.05. The zero-order valence-electron chi connectivity index (χ0n) is 16.8. The monoisotopic (exact) mass is 420 g/mol. The summed E-state index contributed by atoms with van der Waals surface area (Å²) in [6.07, 6.45) is 4.98. The molecule has 3 aromatic rings. The van der Waals surface area contributed by atoms with Crippen molar-refractivity contribution >= 4 is 23.5 Å². The Balaban J connectivity index is 1.51. The van der Waals surface area contributed by atoms with E-state index in [4.69, 9.17) is 17.3 Å². The molecule has 1 aliphatic rings. The van der Waals surface area contributed by atoms with E-state index in [2.05, 4.69) is 22.1 Å². The van der Waals surface area contributed by atoms with E-state index in [1.165, 1.54) is 5.56 Å². The lowest BCUT2D eigenvalue weighted by Crippen LogP contribution is -2.39. The number of aryl methyl sites for hydroxylation is 1. The summed E-state index contributed by atoms with van der Waals surface area (Å²) in [5.41, 5.74) is 9.97. The molecule has 1 atom stereocenters. The van der Waals surface area contributed by atoms with Gasteiger partial charge in [-0.15, -0.1) is 0 Å². The summed E-state index contributed by atoms with van der Waals surface area (Å²) in [6, 6.07) is 17.8. The smallest absolute Gasteiger partial charge is 0.222 e. The van der Waals surface area contributed by atoms with Gasteiger partial charge in [0.2, 0.25) is 11.9 Å². The van der Waals surface area contributed by atoms with Crippen molar-refractivity contribution < 1.29 is 4.79 Å². The molecular weight excluding hydrogens is 396 g/mol. The lowest BCUT2D eigenvalue weighted by molar-refractivity contribution is -0.132. The summed E-state index contributed by atoms with van der Waals surface area (Å²) in [5.74, 6) is 0.587. The highest BCUT2D eigenvalue weighted by molar-refractivity contribution is 6.30. The van der Waals surface area contributed by atoms with Gasteiger partial charge in [0.15, 0.2) is 0 Å². The summed E-state index contributed by atoms with van der Waals surface area (Å²) in [4.78, 5) is 23.6. The van der Waals surface area contributed by atoms with Gasteiger partial charge < -0.3 is 10.6 Å². The molecule has 2 aromatic carbocycles. The number of hydrogen-bond acceptors (Lipinski definition) is 4. The number of carbonyl (C=O) groups excluding carboxylic acids is 1. The van der Waals surface area contributed by atoms with E-state index >= 15 is 0 Å². The van der Waals surface area contributed by atoms with Gasteiger partial charge in [-0.2, -0.15) is 0 Å². The number of amides is 1. The Morgan fingerprint density at radius 3 is 2.67 bits per heavy atom. The number of rotatable bonds is 5. The van der Waals surface area contributed by atoms with E-state index in [1.807, 2.05) is 47.4 Å². The number of benzene rings is 2. The Labute approximate surface area is 181 Å². The second kappa shape index (κ2) is 9.26. The molecule has 4 rings (SSSR count). The fourth-order valence-corrected chi connectivity index (χ4v) is 4.18. The van der Waals surface area contributed by atoms with Gasteiger partial charge in [-0.05, 0) is 42.5 Å². The minimum Gasteiger partial charge on any atom is -0.368 e. The molecule has 1 amide bonds. The number of carbonyl (C=O) groups is 1. The highest BCUT2D eigenvalue weighted by Crippen LogP contribution is 2.34. The Morgan fingerprint density at radius 1 is 1.13 bits per heavy atom. The largest absolute Gasteiger partial charge is 0.368 e. The SMILES string of the molecule is Nc1ncc(-c2ccc(Cl)cc2)c([C@@H]2CCCN(C(=O)CCc3ccccc3)C2)n1. The van der Waals surface area contributed by atoms with Crippen molar-refractivity contribution in [2.45, 2.75) is 31.6 Å². The number of halogens is 1. The minimum absolute atomic E-state index is 0.135. The number of anilines is 1. The number of nitrogens with zero attached hydrogens (tertiary/aromatic N) is 3. The first-order valence-corrected chi connectivity index (χ1v) is 10.7. The number of piperidine rings is 1. The Morgan fingerprint density at radius 2 is 1.90 bits per heavy atom. The summed E-state index contributed by atoms with van der Waals surface area (Å²) in [7, 11) is 0. The molecule has 0 saturated carbocycles. The Kier molecular flexibility index (Phi) is 6.29. The predicted octanol–water partition coefficient (Wildman–Crippen LogP) is 4.72. The zero-order valence-corrected chi connectivity index (χ0v) is 17.6. The molecule has 30 heavy (non-hydrogen) atoms. The van der Waals surface area contributed by atoms with Gasteiger partial charge in [0.1, 0.15) is 0 Å². The molecule has 5 nitrogen and oxygen atoms in total. The molecule has 0 radical (unpaired) electrons. The van der Waals surface area contributed by atoms with Crippen molar-refractivity contribution in [2.24, 2.45) is 0 Å². The van der Waals surface area contributed by atoms with Crippen molar-refractivity contribution in [3.8, 4) is 11.1 Å². The van der Waals surface area contributed by atoms with E-state index in [1.54, 1.807) is 6.20 Å². The Bertz CT molecular complexity index is 1010. The van der Waals surface area contributed by atoms with Crippen LogP contribution in [0.3, 0.4) is 0 Å². The normalized spacial score (nSPS) is 16.4. The first kappa shape index (κ1) is 20.4. The molecule has 154 valence electrons. The third-order valence-corrected chi connectivity index (χ3v) is 5.88. The first-order valence-electron chi connectivity index (χ1n) is 10.3. The van der Waals surface area contributed by atoms with Gasteiger partial charge in [0.05, 0.1) is 5.69 Å². The average molecular weight is 421 g/mol. The van der Waals surface area contributed by atoms with Gasteiger partial charge >= 0.3 is 0 Å². The highest BCUT2D eigenvalue weighted by Gasteiger charge is 2.27. The van der Waals surface area contributed by atoms with E-state index in [0.29, 0.717) is 18.0 Å². The summed E-state index contributed by atoms with van der Waals surface area (Å²) in [5, 5.41) is 0.685. The van der Waals surface area contributed by atoms with Crippen molar-refractivity contribution in [1.82, 2.24) is 14.9 Å². The number of nitrogens with two attached hydrogens (primary N) is 1. The van der Waals surface area contributed by atoms with Gasteiger partial charge in [0, 0.05) is 42.2 Å².